The third kappa shape index (κ3) is 2.55. The van der Waals surface area contributed by atoms with Crippen LogP contribution in [0.5, 0.6) is 0 Å². The maximum atomic E-state index is 12.0. The second-order valence-corrected chi connectivity index (χ2v) is 6.81. The van der Waals surface area contributed by atoms with Crippen LogP contribution in [0.15, 0.2) is 48.5 Å². The first kappa shape index (κ1) is 14.8. The second-order valence-electron chi connectivity index (χ2n) is 5.78. The quantitative estimate of drug-likeness (QED) is 0.794. The topological polar surface area (TPSA) is 70.5 Å². The van der Waals surface area contributed by atoms with Crippen molar-refractivity contribution in [2.45, 2.75) is 6.42 Å². The number of aromatic nitrogens is 1. The molecule has 1 N–H and O–H groups in total. The molecular formula is C18H14N2O3S. The number of benzene rings is 2. The maximum Gasteiger partial charge on any atom is 0.308 e. The average molecular weight is 338 g/mol. The monoisotopic (exact) mass is 338 g/mol. The molecular weight excluding hydrogens is 324 g/mol. The third-order valence-corrected chi connectivity index (χ3v) is 5.28. The SMILES string of the molecule is O=C(O)[C@@H]1CC(=O)N(c2ccc(-c3nc4ccccc4s3)cc2)C1. The molecule has 0 radical (unpaired) electrons. The van der Waals surface area contributed by atoms with Crippen molar-refractivity contribution < 1.29 is 14.7 Å². The first-order chi connectivity index (χ1) is 11.6. The number of carbonyl (C=O) groups is 2. The molecule has 1 aliphatic rings. The van der Waals surface area contributed by atoms with E-state index in [0.29, 0.717) is 0 Å². The van der Waals surface area contributed by atoms with Crippen molar-refractivity contribution in [3.8, 4) is 10.6 Å². The fourth-order valence-corrected chi connectivity index (χ4v) is 3.87. The van der Waals surface area contributed by atoms with Crippen LogP contribution in [-0.2, 0) is 9.59 Å². The fourth-order valence-electron chi connectivity index (χ4n) is 2.90. The van der Waals surface area contributed by atoms with E-state index in [9.17, 15) is 9.59 Å². The van der Waals surface area contributed by atoms with Crippen LogP contribution in [0.25, 0.3) is 20.8 Å². The number of anilines is 1. The van der Waals surface area contributed by atoms with Crippen molar-refractivity contribution in [1.82, 2.24) is 4.98 Å². The highest BCUT2D eigenvalue weighted by molar-refractivity contribution is 7.21. The molecule has 1 fully saturated rings. The van der Waals surface area contributed by atoms with Gasteiger partial charge in [0.1, 0.15) is 5.01 Å². The Labute approximate surface area is 142 Å². The van der Waals surface area contributed by atoms with Gasteiger partial charge in [0.05, 0.1) is 16.1 Å². The van der Waals surface area contributed by atoms with Crippen molar-refractivity contribution in [3.63, 3.8) is 0 Å². The second kappa shape index (κ2) is 5.72. The van der Waals surface area contributed by atoms with Crippen LogP contribution in [0.1, 0.15) is 6.42 Å². The Morgan fingerprint density at radius 1 is 1.17 bits per heavy atom. The fraction of sp³-hybridized carbons (Fsp3) is 0.167. The number of hydrogen-bond donors (Lipinski definition) is 1. The van der Waals surface area contributed by atoms with E-state index in [1.165, 1.54) is 0 Å². The standard InChI is InChI=1S/C18H14N2O3S/c21-16-9-12(18(22)23)10-20(16)13-7-5-11(6-8-13)17-19-14-3-1-2-4-15(14)24-17/h1-8,12H,9-10H2,(H,22,23)/t12-/m1/s1. The molecule has 1 saturated heterocycles. The number of fused-ring (bicyclic) bond motifs is 1. The highest BCUT2D eigenvalue weighted by atomic mass is 32.1. The predicted molar refractivity (Wildman–Crippen MR) is 93.2 cm³/mol. The lowest BCUT2D eigenvalue weighted by molar-refractivity contribution is -0.141. The number of rotatable bonds is 3. The summed E-state index contributed by atoms with van der Waals surface area (Å²) in [5.74, 6) is -1.69. The minimum Gasteiger partial charge on any atom is -0.481 e. The van der Waals surface area contributed by atoms with Gasteiger partial charge in [-0.25, -0.2) is 4.98 Å². The zero-order valence-electron chi connectivity index (χ0n) is 12.7. The van der Waals surface area contributed by atoms with Crippen LogP contribution in [-0.4, -0.2) is 28.5 Å². The van der Waals surface area contributed by atoms with Crippen molar-refractivity contribution in [1.29, 1.82) is 0 Å². The van der Waals surface area contributed by atoms with Gasteiger partial charge in [0.25, 0.3) is 0 Å². The highest BCUT2D eigenvalue weighted by Crippen LogP contribution is 2.32. The van der Waals surface area contributed by atoms with Gasteiger partial charge in [-0.15, -0.1) is 11.3 Å². The van der Waals surface area contributed by atoms with Crippen LogP contribution in [0.4, 0.5) is 5.69 Å². The summed E-state index contributed by atoms with van der Waals surface area (Å²) in [7, 11) is 0. The van der Waals surface area contributed by atoms with Gasteiger partial charge in [-0.2, -0.15) is 0 Å². The predicted octanol–water partition coefficient (Wildman–Crippen LogP) is 3.40. The Morgan fingerprint density at radius 3 is 2.58 bits per heavy atom. The van der Waals surface area contributed by atoms with Crippen LogP contribution < -0.4 is 4.90 Å². The van der Waals surface area contributed by atoms with Gasteiger partial charge in [0.2, 0.25) is 5.91 Å². The molecule has 6 heteroatoms. The molecule has 24 heavy (non-hydrogen) atoms. The van der Waals surface area contributed by atoms with Crippen molar-refractivity contribution in [2.75, 3.05) is 11.4 Å². The summed E-state index contributed by atoms with van der Waals surface area (Å²) >= 11 is 1.62. The molecule has 120 valence electrons. The van der Waals surface area contributed by atoms with Crippen LogP contribution in [0.3, 0.4) is 0 Å². The van der Waals surface area contributed by atoms with E-state index < -0.39 is 11.9 Å². The van der Waals surface area contributed by atoms with E-state index in [-0.39, 0.29) is 18.9 Å². The van der Waals surface area contributed by atoms with Gasteiger partial charge in [0, 0.05) is 24.2 Å². The zero-order chi connectivity index (χ0) is 16.7. The van der Waals surface area contributed by atoms with Gasteiger partial charge < -0.3 is 10.0 Å². The molecule has 3 aromatic rings. The Hall–Kier alpha value is -2.73. The third-order valence-electron chi connectivity index (χ3n) is 4.19. The number of carboxylic acids is 1. The molecule has 4 rings (SSSR count). The Kier molecular flexibility index (Phi) is 3.54. The number of para-hydroxylation sites is 1. The molecule has 1 amide bonds. The van der Waals surface area contributed by atoms with Crippen molar-refractivity contribution in [2.24, 2.45) is 5.92 Å². The molecule has 2 heterocycles. The molecule has 0 bridgehead atoms. The Bertz CT molecular complexity index is 900. The summed E-state index contributed by atoms with van der Waals surface area (Å²) in [4.78, 5) is 29.2. The zero-order valence-corrected chi connectivity index (χ0v) is 13.5. The Balaban J connectivity index is 1.61. The lowest BCUT2D eigenvalue weighted by atomic mass is 10.1. The number of amides is 1. The van der Waals surface area contributed by atoms with Gasteiger partial charge >= 0.3 is 5.97 Å². The van der Waals surface area contributed by atoms with E-state index >= 15 is 0 Å². The normalized spacial score (nSPS) is 17.6. The molecule has 5 nitrogen and oxygen atoms in total. The molecule has 0 spiro atoms. The number of carboxylic acid groups (broad SMARTS) is 1. The van der Waals surface area contributed by atoms with E-state index in [1.54, 1.807) is 16.2 Å². The van der Waals surface area contributed by atoms with E-state index in [4.69, 9.17) is 5.11 Å². The summed E-state index contributed by atoms with van der Waals surface area (Å²) in [5.41, 5.74) is 2.69. The molecule has 2 aromatic carbocycles. The first-order valence-electron chi connectivity index (χ1n) is 7.61. The molecule has 0 unspecified atom stereocenters. The Morgan fingerprint density at radius 2 is 1.92 bits per heavy atom. The first-order valence-corrected chi connectivity index (χ1v) is 8.42. The molecule has 1 atom stereocenters. The lowest BCUT2D eigenvalue weighted by Gasteiger charge is -2.16. The van der Waals surface area contributed by atoms with E-state index in [2.05, 4.69) is 4.98 Å². The van der Waals surface area contributed by atoms with Crippen LogP contribution in [0, 0.1) is 5.92 Å². The minimum atomic E-state index is -0.919. The molecule has 0 aliphatic carbocycles. The smallest absolute Gasteiger partial charge is 0.308 e. The van der Waals surface area contributed by atoms with Crippen LogP contribution >= 0.6 is 11.3 Å². The van der Waals surface area contributed by atoms with Crippen molar-refractivity contribution >= 4 is 39.1 Å². The number of thiazole rings is 1. The summed E-state index contributed by atoms with van der Waals surface area (Å²) < 4.78 is 1.13. The molecule has 0 saturated carbocycles. The number of hydrogen-bond acceptors (Lipinski definition) is 4. The largest absolute Gasteiger partial charge is 0.481 e. The maximum absolute atomic E-state index is 12.0. The number of nitrogens with zero attached hydrogens (tertiary/aromatic N) is 2. The number of carbonyl (C=O) groups excluding carboxylic acids is 1. The van der Waals surface area contributed by atoms with Crippen LogP contribution in [0.2, 0.25) is 0 Å². The summed E-state index contributed by atoms with van der Waals surface area (Å²) in [5, 5.41) is 10.0. The summed E-state index contributed by atoms with van der Waals surface area (Å²) in [6.07, 6.45) is 0.0644. The molecule has 1 aromatic heterocycles. The average Bonchev–Trinajstić information content (AvgIpc) is 3.18. The lowest BCUT2D eigenvalue weighted by Crippen LogP contribution is -2.25. The highest BCUT2D eigenvalue weighted by Gasteiger charge is 2.34. The van der Waals surface area contributed by atoms with Crippen molar-refractivity contribution in [3.05, 3.63) is 48.5 Å². The van der Waals surface area contributed by atoms with E-state index in [0.717, 1.165) is 26.5 Å². The summed E-state index contributed by atoms with van der Waals surface area (Å²) in [6, 6.07) is 15.5. The van der Waals surface area contributed by atoms with Gasteiger partial charge in [0.15, 0.2) is 0 Å². The minimum absolute atomic E-state index is 0.0644. The van der Waals surface area contributed by atoms with Gasteiger partial charge in [-0.05, 0) is 36.4 Å². The summed E-state index contributed by atoms with van der Waals surface area (Å²) in [6.45, 7) is 0.231. The van der Waals surface area contributed by atoms with Gasteiger partial charge in [-0.1, -0.05) is 12.1 Å². The number of aliphatic carboxylic acids is 1. The van der Waals surface area contributed by atoms with E-state index in [1.807, 2.05) is 48.5 Å². The van der Waals surface area contributed by atoms with Gasteiger partial charge in [-0.3, -0.25) is 9.59 Å². The molecule has 1 aliphatic heterocycles.